The second-order valence-electron chi connectivity index (χ2n) is 4.99. The lowest BCUT2D eigenvalue weighted by molar-refractivity contribution is 0.618. The van der Waals surface area contributed by atoms with Crippen LogP contribution in [0.4, 0.5) is 17.3 Å². The summed E-state index contributed by atoms with van der Waals surface area (Å²) in [4.78, 5) is 8.41. The van der Waals surface area contributed by atoms with E-state index in [1.807, 2.05) is 0 Å². The highest BCUT2D eigenvalue weighted by molar-refractivity contribution is 5.74. The lowest BCUT2D eigenvalue weighted by Gasteiger charge is -2.19. The summed E-state index contributed by atoms with van der Waals surface area (Å²) in [6, 6.07) is 0.479. The summed E-state index contributed by atoms with van der Waals surface area (Å²) in [5, 5.41) is 6.58. The van der Waals surface area contributed by atoms with Crippen molar-refractivity contribution in [2.75, 3.05) is 22.9 Å². The molecule has 0 aromatic carbocycles. The summed E-state index contributed by atoms with van der Waals surface area (Å²) >= 11 is 0. The first-order valence-corrected chi connectivity index (χ1v) is 7.03. The Morgan fingerprint density at radius 1 is 1.21 bits per heavy atom. The van der Waals surface area contributed by atoms with Crippen LogP contribution in [0.5, 0.6) is 0 Å². The Kier molecular flexibility index (Phi) is 5.01. The van der Waals surface area contributed by atoms with Gasteiger partial charge in [0.25, 0.3) is 0 Å². The largest absolute Gasteiger partial charge is 0.393 e. The molecule has 1 aliphatic carbocycles. The number of hydrogen-bond acceptors (Lipinski definition) is 5. The predicted molar refractivity (Wildman–Crippen MR) is 80.2 cm³/mol. The highest BCUT2D eigenvalue weighted by atomic mass is 15.1. The third-order valence-corrected chi connectivity index (χ3v) is 3.49. The third-order valence-electron chi connectivity index (χ3n) is 3.49. The Hall–Kier alpha value is -1.78. The molecule has 5 nitrogen and oxygen atoms in total. The van der Waals surface area contributed by atoms with Crippen LogP contribution < -0.4 is 16.4 Å². The number of nitrogen functional groups attached to an aromatic ring is 1. The van der Waals surface area contributed by atoms with E-state index >= 15 is 0 Å². The average molecular weight is 261 g/mol. The van der Waals surface area contributed by atoms with Crippen LogP contribution in [-0.4, -0.2) is 22.6 Å². The molecule has 104 valence electrons. The number of nitrogens with two attached hydrogens (primary N) is 1. The minimum absolute atomic E-state index is 0.479. The van der Waals surface area contributed by atoms with Crippen molar-refractivity contribution in [2.24, 2.45) is 0 Å². The van der Waals surface area contributed by atoms with Crippen molar-refractivity contribution in [3.63, 3.8) is 0 Å². The fourth-order valence-corrected chi connectivity index (χ4v) is 2.44. The molecule has 0 atom stereocenters. The van der Waals surface area contributed by atoms with Gasteiger partial charge in [-0.15, -0.1) is 6.58 Å². The van der Waals surface area contributed by atoms with Crippen LogP contribution in [0.25, 0.3) is 0 Å². The highest BCUT2D eigenvalue weighted by Crippen LogP contribution is 2.26. The van der Waals surface area contributed by atoms with Gasteiger partial charge in [0.15, 0.2) is 11.6 Å². The lowest BCUT2D eigenvalue weighted by Crippen LogP contribution is -2.20. The van der Waals surface area contributed by atoms with Crippen LogP contribution >= 0.6 is 0 Å². The molecule has 1 fully saturated rings. The average Bonchev–Trinajstić information content (AvgIpc) is 2.68. The summed E-state index contributed by atoms with van der Waals surface area (Å²) in [5.41, 5.74) is 6.69. The van der Waals surface area contributed by atoms with E-state index in [2.05, 4.69) is 27.2 Å². The summed E-state index contributed by atoms with van der Waals surface area (Å²) in [7, 11) is 0. The Bertz CT molecular complexity index is 410. The molecule has 1 heterocycles. The van der Waals surface area contributed by atoms with Gasteiger partial charge in [-0.2, -0.15) is 0 Å². The van der Waals surface area contributed by atoms with Crippen LogP contribution in [0, 0.1) is 0 Å². The van der Waals surface area contributed by atoms with Gasteiger partial charge in [0, 0.05) is 12.6 Å². The van der Waals surface area contributed by atoms with Crippen LogP contribution in [0.15, 0.2) is 19.0 Å². The molecule has 0 radical (unpaired) electrons. The lowest BCUT2D eigenvalue weighted by atomic mass is 10.1. The first-order chi connectivity index (χ1) is 9.31. The van der Waals surface area contributed by atoms with E-state index in [0.29, 0.717) is 24.1 Å². The van der Waals surface area contributed by atoms with Crippen LogP contribution in [0.2, 0.25) is 0 Å². The van der Waals surface area contributed by atoms with Gasteiger partial charge < -0.3 is 16.4 Å². The summed E-state index contributed by atoms with van der Waals surface area (Å²) < 4.78 is 0. The van der Waals surface area contributed by atoms with Crippen molar-refractivity contribution < 1.29 is 0 Å². The molecule has 0 spiro atoms. The first-order valence-electron chi connectivity index (χ1n) is 7.03. The number of rotatable bonds is 5. The zero-order chi connectivity index (χ0) is 13.5. The molecule has 19 heavy (non-hydrogen) atoms. The minimum atomic E-state index is 0.479. The molecule has 4 N–H and O–H groups in total. The van der Waals surface area contributed by atoms with Crippen molar-refractivity contribution >= 4 is 17.3 Å². The molecule has 0 aliphatic heterocycles. The molecule has 0 amide bonds. The van der Waals surface area contributed by atoms with Crippen molar-refractivity contribution in [3.8, 4) is 0 Å². The van der Waals surface area contributed by atoms with E-state index in [-0.39, 0.29) is 0 Å². The van der Waals surface area contributed by atoms with Gasteiger partial charge in [0.05, 0.1) is 0 Å². The topological polar surface area (TPSA) is 75.9 Å². The number of aromatic nitrogens is 2. The molecule has 2 rings (SSSR count). The molecular weight excluding hydrogens is 238 g/mol. The van der Waals surface area contributed by atoms with E-state index in [0.717, 1.165) is 5.82 Å². The maximum atomic E-state index is 6.10. The van der Waals surface area contributed by atoms with Crippen molar-refractivity contribution in [2.45, 2.75) is 44.6 Å². The number of hydrogen-bond donors (Lipinski definition) is 3. The zero-order valence-corrected chi connectivity index (χ0v) is 11.4. The van der Waals surface area contributed by atoms with Crippen molar-refractivity contribution in [1.82, 2.24) is 9.97 Å². The molecule has 1 aromatic heterocycles. The quantitative estimate of drug-likeness (QED) is 0.561. The Labute approximate surface area is 114 Å². The SMILES string of the molecule is C=CCNc1ncnc(NC2CCCCCC2)c1N. The Morgan fingerprint density at radius 3 is 2.58 bits per heavy atom. The van der Waals surface area contributed by atoms with Gasteiger partial charge in [-0.05, 0) is 12.8 Å². The van der Waals surface area contributed by atoms with Gasteiger partial charge in [0.1, 0.15) is 12.0 Å². The molecular formula is C14H23N5. The van der Waals surface area contributed by atoms with Gasteiger partial charge in [-0.1, -0.05) is 31.8 Å². The van der Waals surface area contributed by atoms with Crippen LogP contribution in [0.3, 0.4) is 0 Å². The molecule has 1 aromatic rings. The number of nitrogens with zero attached hydrogens (tertiary/aromatic N) is 2. The maximum Gasteiger partial charge on any atom is 0.155 e. The summed E-state index contributed by atoms with van der Waals surface area (Å²) in [6.07, 6.45) is 10.9. The van der Waals surface area contributed by atoms with Gasteiger partial charge in [-0.3, -0.25) is 0 Å². The number of nitrogens with one attached hydrogen (secondary N) is 2. The first kappa shape index (κ1) is 13.6. The second kappa shape index (κ2) is 6.97. The van der Waals surface area contributed by atoms with E-state index < -0.39 is 0 Å². The van der Waals surface area contributed by atoms with E-state index in [9.17, 15) is 0 Å². The molecule has 0 saturated heterocycles. The third kappa shape index (κ3) is 3.84. The summed E-state index contributed by atoms with van der Waals surface area (Å²) in [5.74, 6) is 1.42. The predicted octanol–water partition coefficient (Wildman–Crippen LogP) is 2.79. The fourth-order valence-electron chi connectivity index (χ4n) is 2.44. The maximum absolute atomic E-state index is 6.10. The smallest absolute Gasteiger partial charge is 0.155 e. The van der Waals surface area contributed by atoms with Crippen LogP contribution in [-0.2, 0) is 0 Å². The molecule has 5 heteroatoms. The molecule has 1 saturated carbocycles. The Morgan fingerprint density at radius 2 is 1.89 bits per heavy atom. The van der Waals surface area contributed by atoms with E-state index in [1.54, 1.807) is 12.4 Å². The molecule has 0 bridgehead atoms. The van der Waals surface area contributed by atoms with Gasteiger partial charge in [-0.25, -0.2) is 9.97 Å². The van der Waals surface area contributed by atoms with E-state index in [4.69, 9.17) is 5.73 Å². The zero-order valence-electron chi connectivity index (χ0n) is 11.4. The standard InChI is InChI=1S/C14H23N5/c1-2-9-16-13-12(15)14(18-10-17-13)19-11-7-5-3-4-6-8-11/h2,10-11H,1,3-9,15H2,(H2,16,17,18,19). The molecule has 1 aliphatic rings. The normalized spacial score (nSPS) is 16.6. The van der Waals surface area contributed by atoms with E-state index in [1.165, 1.54) is 38.5 Å². The van der Waals surface area contributed by atoms with Crippen molar-refractivity contribution in [1.29, 1.82) is 0 Å². The fraction of sp³-hybridized carbons (Fsp3) is 0.571. The van der Waals surface area contributed by atoms with Crippen molar-refractivity contribution in [3.05, 3.63) is 19.0 Å². The summed E-state index contributed by atoms with van der Waals surface area (Å²) in [6.45, 7) is 4.31. The monoisotopic (exact) mass is 261 g/mol. The molecule has 0 unspecified atom stereocenters. The minimum Gasteiger partial charge on any atom is -0.393 e. The van der Waals surface area contributed by atoms with Crippen LogP contribution in [0.1, 0.15) is 38.5 Å². The second-order valence-corrected chi connectivity index (χ2v) is 4.99. The van der Waals surface area contributed by atoms with Gasteiger partial charge in [0.2, 0.25) is 0 Å². The van der Waals surface area contributed by atoms with Gasteiger partial charge >= 0.3 is 0 Å². The number of anilines is 3. The highest BCUT2D eigenvalue weighted by Gasteiger charge is 2.15. The Balaban J connectivity index is 2.04.